The SMILES string of the molecule is Cc1nc2sc(C#N)c(N)c2c(-c2cccs2)c1C(=O)Nc1ccccc1. The predicted octanol–water partition coefficient (Wildman–Crippen LogP) is 5.04. The van der Waals surface area contributed by atoms with Crippen molar-refractivity contribution in [3.8, 4) is 16.5 Å². The Balaban J connectivity index is 1.98. The van der Waals surface area contributed by atoms with E-state index in [1.807, 2.05) is 47.8 Å². The molecule has 0 aliphatic carbocycles. The van der Waals surface area contributed by atoms with Gasteiger partial charge >= 0.3 is 0 Å². The van der Waals surface area contributed by atoms with Crippen LogP contribution in [0.25, 0.3) is 20.7 Å². The van der Waals surface area contributed by atoms with Crippen LogP contribution >= 0.6 is 22.7 Å². The third-order valence-corrected chi connectivity index (χ3v) is 6.08. The number of aromatic nitrogens is 1. The Kier molecular flexibility index (Phi) is 4.36. The van der Waals surface area contributed by atoms with Crippen molar-refractivity contribution in [1.29, 1.82) is 5.26 Å². The molecular weight excluding hydrogens is 376 g/mol. The van der Waals surface area contributed by atoms with Crippen LogP contribution in [0.5, 0.6) is 0 Å². The summed E-state index contributed by atoms with van der Waals surface area (Å²) in [6.45, 7) is 1.80. The maximum Gasteiger partial charge on any atom is 0.258 e. The number of nitrogens with one attached hydrogen (secondary N) is 1. The normalized spacial score (nSPS) is 10.7. The van der Waals surface area contributed by atoms with Gasteiger partial charge in [-0.1, -0.05) is 24.3 Å². The molecule has 3 aromatic heterocycles. The number of benzene rings is 1. The molecule has 0 atom stereocenters. The van der Waals surface area contributed by atoms with Crippen LogP contribution in [-0.2, 0) is 0 Å². The van der Waals surface area contributed by atoms with Crippen LogP contribution in [0.15, 0.2) is 47.8 Å². The molecular formula is C20H14N4OS2. The van der Waals surface area contributed by atoms with E-state index in [9.17, 15) is 10.1 Å². The standard InChI is InChI=1S/C20H14N4OS2/c1-11-15(19(25)24-12-6-3-2-4-7-12)16(13-8-5-9-26-13)17-18(22)14(10-21)27-20(17)23-11/h2-9H,22H2,1H3,(H,24,25). The summed E-state index contributed by atoms with van der Waals surface area (Å²) in [6, 6.07) is 15.3. The number of carbonyl (C=O) groups excluding carboxylic acids is 1. The first-order chi connectivity index (χ1) is 13.1. The van der Waals surface area contributed by atoms with Gasteiger partial charge in [-0.2, -0.15) is 5.26 Å². The molecule has 0 spiro atoms. The van der Waals surface area contributed by atoms with E-state index in [-0.39, 0.29) is 5.91 Å². The molecule has 0 aliphatic rings. The van der Waals surface area contributed by atoms with E-state index in [0.717, 1.165) is 10.4 Å². The number of nitriles is 1. The van der Waals surface area contributed by atoms with E-state index >= 15 is 0 Å². The van der Waals surface area contributed by atoms with E-state index in [2.05, 4.69) is 16.4 Å². The maximum absolute atomic E-state index is 13.1. The number of thiophene rings is 2. The van der Waals surface area contributed by atoms with Crippen molar-refractivity contribution in [3.05, 3.63) is 64.0 Å². The highest BCUT2D eigenvalue weighted by Gasteiger charge is 2.25. The molecule has 5 nitrogen and oxygen atoms in total. The minimum absolute atomic E-state index is 0.249. The van der Waals surface area contributed by atoms with E-state index in [1.165, 1.54) is 22.7 Å². The van der Waals surface area contributed by atoms with Gasteiger partial charge in [0, 0.05) is 21.5 Å². The minimum Gasteiger partial charge on any atom is -0.396 e. The molecule has 1 amide bonds. The summed E-state index contributed by atoms with van der Waals surface area (Å²) < 4.78 is 0. The number of nitrogens with two attached hydrogens (primary N) is 1. The topological polar surface area (TPSA) is 91.8 Å². The number of para-hydroxylation sites is 1. The molecule has 0 fully saturated rings. The van der Waals surface area contributed by atoms with Crippen LogP contribution in [0.2, 0.25) is 0 Å². The van der Waals surface area contributed by atoms with Gasteiger partial charge < -0.3 is 11.1 Å². The van der Waals surface area contributed by atoms with Gasteiger partial charge in [-0.3, -0.25) is 4.79 Å². The third-order valence-electron chi connectivity index (χ3n) is 4.19. The van der Waals surface area contributed by atoms with Crippen molar-refractivity contribution >= 4 is 50.2 Å². The summed E-state index contributed by atoms with van der Waals surface area (Å²) >= 11 is 2.77. The Labute approximate surface area is 163 Å². The number of hydrogen-bond donors (Lipinski definition) is 2. The average Bonchev–Trinajstić information content (AvgIpc) is 3.29. The van der Waals surface area contributed by atoms with Crippen LogP contribution in [0.3, 0.4) is 0 Å². The second-order valence-corrected chi connectivity index (χ2v) is 7.83. The van der Waals surface area contributed by atoms with E-state index in [4.69, 9.17) is 5.73 Å². The highest BCUT2D eigenvalue weighted by Crippen LogP contribution is 2.43. The molecule has 4 rings (SSSR count). The Bertz CT molecular complexity index is 1190. The zero-order valence-corrected chi connectivity index (χ0v) is 15.9. The lowest BCUT2D eigenvalue weighted by atomic mass is 10.00. The van der Waals surface area contributed by atoms with Gasteiger partial charge in [-0.25, -0.2) is 4.98 Å². The fourth-order valence-electron chi connectivity index (χ4n) is 3.01. The van der Waals surface area contributed by atoms with Crippen molar-refractivity contribution in [2.24, 2.45) is 0 Å². The van der Waals surface area contributed by atoms with Gasteiger partial charge in [0.1, 0.15) is 15.8 Å². The lowest BCUT2D eigenvalue weighted by Gasteiger charge is -2.13. The van der Waals surface area contributed by atoms with E-state index in [1.54, 1.807) is 6.92 Å². The highest BCUT2D eigenvalue weighted by atomic mass is 32.1. The Hall–Kier alpha value is -3.21. The first kappa shape index (κ1) is 17.2. The van der Waals surface area contributed by atoms with E-state index in [0.29, 0.717) is 37.7 Å². The van der Waals surface area contributed by atoms with Crippen molar-refractivity contribution in [2.75, 3.05) is 11.1 Å². The summed E-state index contributed by atoms with van der Waals surface area (Å²) in [6.07, 6.45) is 0. The Morgan fingerprint density at radius 2 is 2.00 bits per heavy atom. The summed E-state index contributed by atoms with van der Waals surface area (Å²) in [5, 5.41) is 14.9. The molecule has 0 saturated heterocycles. The van der Waals surface area contributed by atoms with Crippen LogP contribution in [0, 0.1) is 18.3 Å². The van der Waals surface area contributed by atoms with Gasteiger partial charge in [0.05, 0.1) is 16.9 Å². The summed E-state index contributed by atoms with van der Waals surface area (Å²) in [5.41, 5.74) is 9.14. The molecule has 7 heteroatoms. The molecule has 0 aliphatic heterocycles. The number of nitrogens with zero attached hydrogens (tertiary/aromatic N) is 2. The number of carbonyl (C=O) groups is 1. The number of nitrogen functional groups attached to an aromatic ring is 1. The van der Waals surface area contributed by atoms with E-state index < -0.39 is 0 Å². The summed E-state index contributed by atoms with van der Waals surface area (Å²) in [5.74, 6) is -0.249. The molecule has 0 radical (unpaired) electrons. The molecule has 3 N–H and O–H groups in total. The zero-order chi connectivity index (χ0) is 19.0. The van der Waals surface area contributed by atoms with Crippen molar-refractivity contribution in [2.45, 2.75) is 6.92 Å². The number of amides is 1. The van der Waals surface area contributed by atoms with Gasteiger partial charge in [0.25, 0.3) is 5.91 Å². The number of hydrogen-bond acceptors (Lipinski definition) is 6. The van der Waals surface area contributed by atoms with Crippen molar-refractivity contribution < 1.29 is 4.79 Å². The van der Waals surface area contributed by atoms with Gasteiger partial charge in [-0.15, -0.1) is 22.7 Å². The number of anilines is 2. The van der Waals surface area contributed by atoms with Crippen LogP contribution in [0.4, 0.5) is 11.4 Å². The van der Waals surface area contributed by atoms with Crippen molar-refractivity contribution in [3.63, 3.8) is 0 Å². The monoisotopic (exact) mass is 390 g/mol. The second-order valence-electron chi connectivity index (χ2n) is 5.88. The van der Waals surface area contributed by atoms with Crippen LogP contribution in [0.1, 0.15) is 20.9 Å². The third kappa shape index (κ3) is 2.95. The largest absolute Gasteiger partial charge is 0.396 e. The molecule has 0 unspecified atom stereocenters. The number of fused-ring (bicyclic) bond motifs is 1. The summed E-state index contributed by atoms with van der Waals surface area (Å²) in [7, 11) is 0. The molecule has 132 valence electrons. The highest BCUT2D eigenvalue weighted by molar-refractivity contribution is 7.20. The van der Waals surface area contributed by atoms with Gasteiger partial charge in [0.15, 0.2) is 0 Å². The first-order valence-corrected chi connectivity index (χ1v) is 9.82. The molecule has 3 heterocycles. The minimum atomic E-state index is -0.249. The Morgan fingerprint density at radius 1 is 1.22 bits per heavy atom. The number of rotatable bonds is 3. The van der Waals surface area contributed by atoms with Crippen molar-refractivity contribution in [1.82, 2.24) is 4.98 Å². The quantitative estimate of drug-likeness (QED) is 0.513. The lowest BCUT2D eigenvalue weighted by Crippen LogP contribution is -2.15. The van der Waals surface area contributed by atoms with Crippen LogP contribution in [-0.4, -0.2) is 10.9 Å². The first-order valence-electron chi connectivity index (χ1n) is 8.13. The fraction of sp³-hybridized carbons (Fsp3) is 0.0500. The molecule has 0 saturated carbocycles. The smallest absolute Gasteiger partial charge is 0.258 e. The molecule has 4 aromatic rings. The zero-order valence-electron chi connectivity index (χ0n) is 14.3. The summed E-state index contributed by atoms with van der Waals surface area (Å²) in [4.78, 5) is 19.7. The number of pyridine rings is 1. The van der Waals surface area contributed by atoms with Gasteiger partial charge in [0.2, 0.25) is 0 Å². The molecule has 0 bridgehead atoms. The predicted molar refractivity (Wildman–Crippen MR) is 111 cm³/mol. The molecule has 1 aromatic carbocycles. The number of aryl methyl sites for hydroxylation is 1. The van der Waals surface area contributed by atoms with Crippen LogP contribution < -0.4 is 11.1 Å². The average molecular weight is 390 g/mol. The fourth-order valence-corrected chi connectivity index (χ4v) is 4.74. The molecule has 27 heavy (non-hydrogen) atoms. The maximum atomic E-state index is 13.1. The second kappa shape index (κ2) is 6.83. The Morgan fingerprint density at radius 3 is 2.67 bits per heavy atom. The lowest BCUT2D eigenvalue weighted by molar-refractivity contribution is 0.102. The van der Waals surface area contributed by atoms with Gasteiger partial charge in [-0.05, 0) is 30.5 Å².